The Morgan fingerprint density at radius 1 is 1.19 bits per heavy atom. The molecule has 0 radical (unpaired) electrons. The molecule has 0 aromatic heterocycles. The number of carbonyl (C=O) groups is 2. The van der Waals surface area contributed by atoms with E-state index in [0.717, 1.165) is 29.2 Å². The normalized spacial score (nSPS) is 18.4. The summed E-state index contributed by atoms with van der Waals surface area (Å²) in [6.07, 6.45) is 3.37. The molecule has 2 aromatic rings. The molecule has 0 saturated carbocycles. The fraction of sp³-hybridized carbons (Fsp3) is 0.407. The molecule has 0 N–H and O–H groups in total. The number of rotatable bonds is 10. The number of hydrogen-bond acceptors (Lipinski definition) is 8. The fourth-order valence-electron chi connectivity index (χ4n) is 4.06. The monoisotopic (exact) mass is 565 g/mol. The zero-order valence-corrected chi connectivity index (χ0v) is 23.6. The van der Waals surface area contributed by atoms with Gasteiger partial charge in [-0.1, -0.05) is 60.8 Å². The van der Waals surface area contributed by atoms with Crippen LogP contribution in [0, 0.1) is 6.92 Å². The highest BCUT2D eigenvalue weighted by Gasteiger charge is 2.37. The quantitative estimate of drug-likeness (QED) is 0.165. The minimum Gasteiger partial charge on any atom is -0.468 e. The van der Waals surface area contributed by atoms with E-state index in [1.807, 2.05) is 18.7 Å². The van der Waals surface area contributed by atoms with Crippen LogP contribution in [-0.2, 0) is 27.9 Å². The van der Waals surface area contributed by atoms with Crippen molar-refractivity contribution in [2.24, 2.45) is 0 Å². The summed E-state index contributed by atoms with van der Waals surface area (Å²) < 4.78 is 36.8. The number of benzene rings is 2. The van der Waals surface area contributed by atoms with Gasteiger partial charge < -0.3 is 9.47 Å². The number of halogens is 1. The van der Waals surface area contributed by atoms with Crippen molar-refractivity contribution >= 4 is 43.2 Å². The average Bonchev–Trinajstić information content (AvgIpc) is 2.87. The topological polar surface area (TPSA) is 90.0 Å². The summed E-state index contributed by atoms with van der Waals surface area (Å²) in [6, 6.07) is 12.9. The van der Waals surface area contributed by atoms with Gasteiger partial charge in [-0.3, -0.25) is 4.90 Å². The maximum absolute atomic E-state index is 13.2. The van der Waals surface area contributed by atoms with Crippen molar-refractivity contribution in [2.45, 2.75) is 49.3 Å². The molecule has 1 saturated heterocycles. The lowest BCUT2D eigenvalue weighted by molar-refractivity contribution is -0.147. The van der Waals surface area contributed by atoms with Crippen LogP contribution in [-0.4, -0.2) is 57.3 Å². The van der Waals surface area contributed by atoms with Crippen molar-refractivity contribution in [2.75, 3.05) is 26.8 Å². The first kappa shape index (κ1) is 29.2. The number of aryl methyl sites for hydroxylation is 1. The van der Waals surface area contributed by atoms with Gasteiger partial charge >= 0.3 is 11.9 Å². The second-order valence-corrected chi connectivity index (χ2v) is 13.2. The Morgan fingerprint density at radius 2 is 1.89 bits per heavy atom. The van der Waals surface area contributed by atoms with Gasteiger partial charge in [0.05, 0.1) is 18.6 Å². The largest absolute Gasteiger partial charge is 0.468 e. The van der Waals surface area contributed by atoms with Gasteiger partial charge in [0, 0.05) is 29.4 Å². The van der Waals surface area contributed by atoms with E-state index in [0.29, 0.717) is 29.1 Å². The van der Waals surface area contributed by atoms with Crippen molar-refractivity contribution in [3.63, 3.8) is 0 Å². The van der Waals surface area contributed by atoms with Crippen molar-refractivity contribution in [1.29, 1.82) is 0 Å². The summed E-state index contributed by atoms with van der Waals surface area (Å²) in [5, 5.41) is -0.0772. The molecular formula is C27H32ClNO6S2. The molecule has 10 heteroatoms. The summed E-state index contributed by atoms with van der Waals surface area (Å²) in [5.74, 6) is -1.02. The van der Waals surface area contributed by atoms with Gasteiger partial charge in [-0.2, -0.15) is 0 Å². The molecule has 2 atom stereocenters. The first-order chi connectivity index (χ1) is 17.7. The van der Waals surface area contributed by atoms with E-state index in [4.69, 9.17) is 21.1 Å². The van der Waals surface area contributed by atoms with Gasteiger partial charge in [-0.15, -0.1) is 0 Å². The number of ether oxygens (including phenoxy) is 2. The van der Waals surface area contributed by atoms with Gasteiger partial charge in [-0.25, -0.2) is 18.0 Å². The van der Waals surface area contributed by atoms with Crippen LogP contribution in [0.1, 0.15) is 43.4 Å². The Bertz CT molecular complexity index is 1230. The van der Waals surface area contributed by atoms with Gasteiger partial charge in [-0.05, 0) is 59.9 Å². The highest BCUT2D eigenvalue weighted by Crippen LogP contribution is 2.39. The van der Waals surface area contributed by atoms with Gasteiger partial charge in [0.15, 0.2) is 0 Å². The van der Waals surface area contributed by atoms with Crippen molar-refractivity contribution in [3.05, 3.63) is 76.3 Å². The molecule has 37 heavy (non-hydrogen) atoms. The summed E-state index contributed by atoms with van der Waals surface area (Å²) in [6.45, 7) is 4.74. The molecule has 0 spiro atoms. The van der Waals surface area contributed by atoms with Gasteiger partial charge in [0.2, 0.25) is 8.87 Å². The van der Waals surface area contributed by atoms with E-state index in [1.165, 1.54) is 13.2 Å². The highest BCUT2D eigenvalue weighted by molar-refractivity contribution is 8.72. The number of nitrogens with zero attached hydrogens (tertiary/aromatic N) is 1. The molecule has 3 rings (SSSR count). The Balaban J connectivity index is 1.92. The molecular weight excluding hydrogens is 534 g/mol. The third-order valence-electron chi connectivity index (χ3n) is 6.07. The number of piperidine rings is 1. The Labute approximate surface area is 227 Å². The Hall–Kier alpha value is -2.33. The van der Waals surface area contributed by atoms with Crippen LogP contribution in [0.4, 0.5) is 0 Å². The zero-order valence-electron chi connectivity index (χ0n) is 21.2. The number of carbonyl (C=O) groups excluding carboxylic acids is 2. The zero-order chi connectivity index (χ0) is 27.0. The number of unbranched alkanes of at least 4 members (excludes halogenated alkanes) is 1. The molecule has 2 unspecified atom stereocenters. The maximum Gasteiger partial charge on any atom is 0.330 e. The Kier molecular flexibility index (Phi) is 10.6. The van der Waals surface area contributed by atoms with Crippen molar-refractivity contribution < 1.29 is 27.5 Å². The smallest absolute Gasteiger partial charge is 0.330 e. The third-order valence-corrected chi connectivity index (χ3v) is 10.3. The van der Waals surface area contributed by atoms with Gasteiger partial charge in [0.25, 0.3) is 0 Å². The number of methoxy groups -OCH3 is 1. The number of esters is 2. The first-order valence-corrected chi connectivity index (χ1v) is 15.4. The van der Waals surface area contributed by atoms with E-state index in [2.05, 4.69) is 0 Å². The van der Waals surface area contributed by atoms with Crippen LogP contribution in [0.5, 0.6) is 0 Å². The second-order valence-electron chi connectivity index (χ2n) is 8.80. The fourth-order valence-corrected chi connectivity index (χ4v) is 7.89. The molecule has 2 aromatic carbocycles. The SMILES string of the molecule is CCCCOC(=O)/C=C1/CN(C(C(=O)OC)c2ccccc2Cl)CCC1SS(=O)(=O)c1ccc(C)cc1. The second kappa shape index (κ2) is 13.5. The molecule has 7 nitrogen and oxygen atoms in total. The molecule has 0 amide bonds. The first-order valence-electron chi connectivity index (χ1n) is 12.1. The van der Waals surface area contributed by atoms with Crippen LogP contribution >= 0.6 is 22.4 Å². The molecule has 1 heterocycles. The van der Waals surface area contributed by atoms with E-state index in [-0.39, 0.29) is 18.0 Å². The van der Waals surface area contributed by atoms with Crippen LogP contribution < -0.4 is 0 Å². The van der Waals surface area contributed by atoms with E-state index >= 15 is 0 Å². The van der Waals surface area contributed by atoms with Gasteiger partial charge in [0.1, 0.15) is 6.04 Å². The standard InChI is InChI=1S/C27H32ClNO6S2/c1-4-5-16-35-25(30)17-20-18-29(26(27(31)34-3)22-8-6-7-9-23(22)28)15-14-24(20)36-37(32,33)21-12-10-19(2)11-13-21/h6-13,17,24,26H,4-5,14-16,18H2,1-3H3/b20-17-. The summed E-state index contributed by atoms with van der Waals surface area (Å²) >= 11 is 6.42. The van der Waals surface area contributed by atoms with E-state index in [1.54, 1.807) is 48.5 Å². The van der Waals surface area contributed by atoms with E-state index < -0.39 is 32.1 Å². The summed E-state index contributed by atoms with van der Waals surface area (Å²) in [4.78, 5) is 27.5. The number of likely N-dealkylation sites (tertiary alicyclic amines) is 1. The molecule has 1 fully saturated rings. The predicted molar refractivity (Wildman–Crippen MR) is 146 cm³/mol. The highest BCUT2D eigenvalue weighted by atomic mass is 35.5. The van der Waals surface area contributed by atoms with Crippen LogP contribution in [0.3, 0.4) is 0 Å². The van der Waals surface area contributed by atoms with E-state index in [9.17, 15) is 18.0 Å². The van der Waals surface area contributed by atoms with Crippen LogP contribution in [0.25, 0.3) is 0 Å². The summed E-state index contributed by atoms with van der Waals surface area (Å²) in [5.41, 5.74) is 2.11. The van der Waals surface area contributed by atoms with Crippen LogP contribution in [0.15, 0.2) is 65.1 Å². The average molecular weight is 566 g/mol. The number of hydrogen-bond donors (Lipinski definition) is 0. The summed E-state index contributed by atoms with van der Waals surface area (Å²) in [7, 11) is -1.57. The van der Waals surface area contributed by atoms with Crippen molar-refractivity contribution in [1.82, 2.24) is 4.90 Å². The molecule has 0 bridgehead atoms. The lowest BCUT2D eigenvalue weighted by Crippen LogP contribution is -2.43. The molecule has 200 valence electrons. The third kappa shape index (κ3) is 7.83. The minimum atomic E-state index is -3.69. The lowest BCUT2D eigenvalue weighted by Gasteiger charge is -2.37. The predicted octanol–water partition coefficient (Wildman–Crippen LogP) is 5.33. The Morgan fingerprint density at radius 3 is 2.54 bits per heavy atom. The molecule has 1 aliphatic rings. The lowest BCUT2D eigenvalue weighted by atomic mass is 9.98. The minimum absolute atomic E-state index is 0.176. The van der Waals surface area contributed by atoms with Crippen LogP contribution in [0.2, 0.25) is 5.02 Å². The molecule has 1 aliphatic heterocycles. The molecule has 0 aliphatic carbocycles. The maximum atomic E-state index is 13.2. The van der Waals surface area contributed by atoms with Crippen molar-refractivity contribution in [3.8, 4) is 0 Å².